The summed E-state index contributed by atoms with van der Waals surface area (Å²) in [7, 11) is 0. The van der Waals surface area contributed by atoms with Gasteiger partial charge in [0.1, 0.15) is 0 Å². The summed E-state index contributed by atoms with van der Waals surface area (Å²) < 4.78 is 0. The number of rotatable bonds is 5. The molecule has 0 fully saturated rings. The van der Waals surface area contributed by atoms with E-state index < -0.39 is 5.97 Å². The number of aromatic nitrogens is 3. The van der Waals surface area contributed by atoms with Gasteiger partial charge < -0.3 is 10.4 Å². The largest absolute Gasteiger partial charge is 0.478 e. The lowest BCUT2D eigenvalue weighted by molar-refractivity contribution is 0.0697. The van der Waals surface area contributed by atoms with Gasteiger partial charge in [0.05, 0.1) is 17.0 Å². The average molecular weight is 306 g/mol. The molecule has 0 radical (unpaired) electrons. The maximum absolute atomic E-state index is 10.8. The fraction of sp³-hybridized carbons (Fsp3) is 0.0588. The first-order valence-electron chi connectivity index (χ1n) is 7.03. The Bertz CT molecular complexity index is 804. The van der Waals surface area contributed by atoms with E-state index in [4.69, 9.17) is 5.11 Å². The molecule has 6 nitrogen and oxygen atoms in total. The number of pyridine rings is 1. The lowest BCUT2D eigenvalue weighted by Gasteiger charge is -2.06. The Hall–Kier alpha value is -3.28. The van der Waals surface area contributed by atoms with Crippen LogP contribution in [0.15, 0.2) is 60.9 Å². The number of carboxylic acids is 1. The number of hydrogen-bond acceptors (Lipinski definition) is 5. The summed E-state index contributed by atoms with van der Waals surface area (Å²) in [6.45, 7) is 0.506. The van der Waals surface area contributed by atoms with Crippen LogP contribution >= 0.6 is 0 Å². The van der Waals surface area contributed by atoms with E-state index in [1.165, 1.54) is 0 Å². The molecule has 0 bridgehead atoms. The monoisotopic (exact) mass is 306 g/mol. The SMILES string of the molecule is O=C(O)c1ccc(CNc2nccc(-c3ccccn3)n2)cc1. The van der Waals surface area contributed by atoms with Gasteiger partial charge in [0.25, 0.3) is 0 Å². The molecule has 0 saturated heterocycles. The van der Waals surface area contributed by atoms with Crippen LogP contribution in [0.2, 0.25) is 0 Å². The van der Waals surface area contributed by atoms with Crippen molar-refractivity contribution >= 4 is 11.9 Å². The van der Waals surface area contributed by atoms with E-state index in [-0.39, 0.29) is 5.56 Å². The molecule has 3 rings (SSSR count). The highest BCUT2D eigenvalue weighted by Gasteiger charge is 2.04. The first-order chi connectivity index (χ1) is 11.2. The van der Waals surface area contributed by atoms with Gasteiger partial charge in [-0.1, -0.05) is 18.2 Å². The van der Waals surface area contributed by atoms with Crippen LogP contribution in [-0.4, -0.2) is 26.0 Å². The third-order valence-electron chi connectivity index (χ3n) is 3.23. The Labute approximate surface area is 132 Å². The highest BCUT2D eigenvalue weighted by atomic mass is 16.4. The number of nitrogens with zero attached hydrogens (tertiary/aromatic N) is 3. The molecular formula is C17H14N4O2. The zero-order chi connectivity index (χ0) is 16.1. The van der Waals surface area contributed by atoms with Crippen LogP contribution in [0.1, 0.15) is 15.9 Å². The molecule has 3 aromatic rings. The lowest BCUT2D eigenvalue weighted by atomic mass is 10.1. The molecule has 2 aromatic heterocycles. The fourth-order valence-corrected chi connectivity index (χ4v) is 2.05. The topological polar surface area (TPSA) is 88.0 Å². The zero-order valence-corrected chi connectivity index (χ0v) is 12.2. The Kier molecular flexibility index (Phi) is 4.24. The third-order valence-corrected chi connectivity index (χ3v) is 3.23. The molecule has 0 unspecified atom stereocenters. The number of nitrogens with one attached hydrogen (secondary N) is 1. The summed E-state index contributed by atoms with van der Waals surface area (Å²) in [4.78, 5) is 23.7. The summed E-state index contributed by atoms with van der Waals surface area (Å²) in [5.74, 6) is -0.439. The Morgan fingerprint density at radius 3 is 2.48 bits per heavy atom. The number of anilines is 1. The van der Waals surface area contributed by atoms with Crippen LogP contribution in [0, 0.1) is 0 Å². The average Bonchev–Trinajstić information content (AvgIpc) is 2.61. The van der Waals surface area contributed by atoms with E-state index in [2.05, 4.69) is 20.3 Å². The molecule has 0 spiro atoms. The second-order valence-electron chi connectivity index (χ2n) is 4.84. The van der Waals surface area contributed by atoms with Crippen LogP contribution in [-0.2, 0) is 6.54 Å². The molecule has 0 amide bonds. The molecule has 0 aliphatic carbocycles. The standard InChI is InChI=1S/C17H14N4O2/c22-16(23)13-6-4-12(5-7-13)11-20-17-19-10-8-15(21-17)14-3-1-2-9-18-14/h1-10H,11H2,(H,22,23)(H,19,20,21). The van der Waals surface area contributed by atoms with Crippen LogP contribution in [0.4, 0.5) is 5.95 Å². The van der Waals surface area contributed by atoms with Crippen molar-refractivity contribution in [3.63, 3.8) is 0 Å². The van der Waals surface area contributed by atoms with Gasteiger partial charge in [0.2, 0.25) is 5.95 Å². The first kappa shape index (κ1) is 14.6. The van der Waals surface area contributed by atoms with E-state index in [9.17, 15) is 4.79 Å². The predicted octanol–water partition coefficient (Wildman–Crippen LogP) is 2.85. The van der Waals surface area contributed by atoms with Gasteiger partial charge in [0, 0.05) is 18.9 Å². The van der Waals surface area contributed by atoms with Gasteiger partial charge in [-0.05, 0) is 35.9 Å². The van der Waals surface area contributed by atoms with E-state index in [1.54, 1.807) is 42.7 Å². The van der Waals surface area contributed by atoms with E-state index in [0.29, 0.717) is 12.5 Å². The van der Waals surface area contributed by atoms with Gasteiger partial charge in [-0.15, -0.1) is 0 Å². The smallest absolute Gasteiger partial charge is 0.335 e. The summed E-state index contributed by atoms with van der Waals surface area (Å²) in [5.41, 5.74) is 2.73. The normalized spacial score (nSPS) is 10.3. The van der Waals surface area contributed by atoms with Crippen molar-refractivity contribution in [2.75, 3.05) is 5.32 Å². The second-order valence-corrected chi connectivity index (χ2v) is 4.84. The molecule has 0 saturated carbocycles. The summed E-state index contributed by atoms with van der Waals surface area (Å²) in [5, 5.41) is 12.0. The van der Waals surface area contributed by atoms with Gasteiger partial charge >= 0.3 is 5.97 Å². The number of hydrogen-bond donors (Lipinski definition) is 2. The summed E-state index contributed by atoms with van der Waals surface area (Å²) >= 11 is 0. The molecule has 1 aromatic carbocycles. The van der Waals surface area contributed by atoms with Gasteiger partial charge in [0.15, 0.2) is 0 Å². The number of benzene rings is 1. The van der Waals surface area contributed by atoms with Crippen LogP contribution in [0.3, 0.4) is 0 Å². The van der Waals surface area contributed by atoms with Crippen molar-refractivity contribution in [3.05, 3.63) is 72.1 Å². The van der Waals surface area contributed by atoms with Gasteiger partial charge in [-0.3, -0.25) is 4.98 Å². The van der Waals surface area contributed by atoms with Crippen molar-refractivity contribution in [2.24, 2.45) is 0 Å². The maximum atomic E-state index is 10.8. The molecule has 114 valence electrons. The molecule has 2 heterocycles. The van der Waals surface area contributed by atoms with Crippen LogP contribution < -0.4 is 5.32 Å². The lowest BCUT2D eigenvalue weighted by Crippen LogP contribution is -2.04. The zero-order valence-electron chi connectivity index (χ0n) is 12.2. The molecule has 23 heavy (non-hydrogen) atoms. The number of carboxylic acid groups (broad SMARTS) is 1. The summed E-state index contributed by atoms with van der Waals surface area (Å²) in [6.07, 6.45) is 3.39. The first-order valence-corrected chi connectivity index (χ1v) is 7.03. The Morgan fingerprint density at radius 1 is 0.957 bits per heavy atom. The molecular weight excluding hydrogens is 292 g/mol. The minimum atomic E-state index is -0.934. The van der Waals surface area contributed by atoms with E-state index >= 15 is 0 Å². The highest BCUT2D eigenvalue weighted by molar-refractivity contribution is 5.87. The fourth-order valence-electron chi connectivity index (χ4n) is 2.05. The van der Waals surface area contributed by atoms with Crippen LogP contribution in [0.25, 0.3) is 11.4 Å². The molecule has 0 aliphatic heterocycles. The van der Waals surface area contributed by atoms with Gasteiger partial charge in [-0.25, -0.2) is 14.8 Å². The summed E-state index contributed by atoms with van der Waals surface area (Å²) in [6, 6.07) is 14.1. The maximum Gasteiger partial charge on any atom is 0.335 e. The van der Waals surface area contributed by atoms with Gasteiger partial charge in [-0.2, -0.15) is 0 Å². The van der Waals surface area contributed by atoms with E-state index in [0.717, 1.165) is 17.0 Å². The minimum Gasteiger partial charge on any atom is -0.478 e. The number of carbonyl (C=O) groups is 1. The van der Waals surface area contributed by atoms with Crippen molar-refractivity contribution in [1.29, 1.82) is 0 Å². The van der Waals surface area contributed by atoms with Crippen molar-refractivity contribution < 1.29 is 9.90 Å². The predicted molar refractivity (Wildman–Crippen MR) is 86.0 cm³/mol. The Morgan fingerprint density at radius 2 is 1.78 bits per heavy atom. The Balaban J connectivity index is 1.70. The third kappa shape index (κ3) is 3.68. The molecule has 2 N–H and O–H groups in total. The van der Waals surface area contributed by atoms with Crippen LogP contribution in [0.5, 0.6) is 0 Å². The highest BCUT2D eigenvalue weighted by Crippen LogP contribution is 2.14. The van der Waals surface area contributed by atoms with Crippen molar-refractivity contribution in [2.45, 2.75) is 6.54 Å². The second kappa shape index (κ2) is 6.65. The van der Waals surface area contributed by atoms with E-state index in [1.807, 2.05) is 18.2 Å². The molecule has 0 aliphatic rings. The van der Waals surface area contributed by atoms with Crippen molar-refractivity contribution in [3.8, 4) is 11.4 Å². The number of aromatic carboxylic acids is 1. The molecule has 6 heteroatoms. The minimum absolute atomic E-state index is 0.266. The quantitative estimate of drug-likeness (QED) is 0.753. The van der Waals surface area contributed by atoms with Crippen molar-refractivity contribution in [1.82, 2.24) is 15.0 Å². The molecule has 0 atom stereocenters.